The summed E-state index contributed by atoms with van der Waals surface area (Å²) in [5.41, 5.74) is 0.777. The molecule has 5 nitrogen and oxygen atoms in total. The van der Waals surface area contributed by atoms with Crippen molar-refractivity contribution in [3.8, 4) is 5.75 Å². The number of nitrogens with zero attached hydrogens (tertiary/aromatic N) is 1. The standard InChI is InChI=1S/C15H13ClN2O3/c1-10(19)13-6-7-17-8-14(13)18-15(20)9-21-12-4-2-11(16)3-5-12/h2-8H,9H2,1H3,(H,18,20). The van der Waals surface area contributed by atoms with Crippen molar-refractivity contribution in [2.45, 2.75) is 6.92 Å². The van der Waals surface area contributed by atoms with E-state index >= 15 is 0 Å². The van der Waals surface area contributed by atoms with Crippen LogP contribution in [0.1, 0.15) is 17.3 Å². The molecule has 0 atom stereocenters. The van der Waals surface area contributed by atoms with Crippen molar-refractivity contribution < 1.29 is 14.3 Å². The smallest absolute Gasteiger partial charge is 0.262 e. The van der Waals surface area contributed by atoms with Crippen LogP contribution < -0.4 is 10.1 Å². The number of carbonyl (C=O) groups excluding carboxylic acids is 2. The molecule has 21 heavy (non-hydrogen) atoms. The third kappa shape index (κ3) is 4.29. The van der Waals surface area contributed by atoms with Crippen LogP contribution >= 0.6 is 11.6 Å². The summed E-state index contributed by atoms with van der Waals surface area (Å²) in [6.07, 6.45) is 2.92. The molecular weight excluding hydrogens is 292 g/mol. The van der Waals surface area contributed by atoms with Crippen molar-refractivity contribution in [1.29, 1.82) is 0 Å². The first-order valence-electron chi connectivity index (χ1n) is 6.19. The van der Waals surface area contributed by atoms with Gasteiger partial charge < -0.3 is 10.1 Å². The first kappa shape index (κ1) is 15.0. The van der Waals surface area contributed by atoms with E-state index in [4.69, 9.17) is 16.3 Å². The Kier molecular flexibility index (Phi) is 4.90. The molecular formula is C15H13ClN2O3. The topological polar surface area (TPSA) is 68.3 Å². The van der Waals surface area contributed by atoms with Gasteiger partial charge in [0.25, 0.3) is 5.91 Å². The van der Waals surface area contributed by atoms with Crippen LogP contribution in [-0.2, 0) is 4.79 Å². The molecule has 0 aliphatic rings. The van der Waals surface area contributed by atoms with Crippen LogP contribution in [0.3, 0.4) is 0 Å². The monoisotopic (exact) mass is 304 g/mol. The molecule has 2 aromatic rings. The molecule has 0 fully saturated rings. The highest BCUT2D eigenvalue weighted by atomic mass is 35.5. The zero-order valence-corrected chi connectivity index (χ0v) is 12.1. The molecule has 0 aliphatic heterocycles. The number of ether oxygens (including phenoxy) is 1. The lowest BCUT2D eigenvalue weighted by Gasteiger charge is -2.09. The number of nitrogens with one attached hydrogen (secondary N) is 1. The fourth-order valence-electron chi connectivity index (χ4n) is 1.67. The molecule has 2 rings (SSSR count). The van der Waals surface area contributed by atoms with Crippen LogP contribution in [0.4, 0.5) is 5.69 Å². The molecule has 6 heteroatoms. The fourth-order valence-corrected chi connectivity index (χ4v) is 1.79. The van der Waals surface area contributed by atoms with Gasteiger partial charge >= 0.3 is 0 Å². The number of ketones is 1. The minimum Gasteiger partial charge on any atom is -0.484 e. The molecule has 0 saturated carbocycles. The quantitative estimate of drug-likeness (QED) is 0.862. The number of pyridine rings is 1. The maximum atomic E-state index is 11.8. The van der Waals surface area contributed by atoms with Gasteiger partial charge in [0.1, 0.15) is 5.75 Å². The Balaban J connectivity index is 1.96. The maximum absolute atomic E-state index is 11.8. The fraction of sp³-hybridized carbons (Fsp3) is 0.133. The second kappa shape index (κ2) is 6.85. The Morgan fingerprint density at radius 1 is 1.24 bits per heavy atom. The van der Waals surface area contributed by atoms with E-state index in [9.17, 15) is 9.59 Å². The van der Waals surface area contributed by atoms with Crippen LogP contribution in [0.25, 0.3) is 0 Å². The number of hydrogen-bond donors (Lipinski definition) is 1. The second-order valence-electron chi connectivity index (χ2n) is 4.27. The van der Waals surface area contributed by atoms with Crippen LogP contribution in [0.2, 0.25) is 5.02 Å². The molecule has 1 heterocycles. The van der Waals surface area contributed by atoms with Crippen molar-refractivity contribution in [1.82, 2.24) is 4.98 Å². The average molecular weight is 305 g/mol. The number of carbonyl (C=O) groups is 2. The number of Topliss-reactive ketones (excluding diaryl/α,β-unsaturated/α-hetero) is 1. The minimum absolute atomic E-state index is 0.147. The number of amides is 1. The second-order valence-corrected chi connectivity index (χ2v) is 4.70. The van der Waals surface area contributed by atoms with Gasteiger partial charge in [-0.05, 0) is 37.3 Å². The van der Waals surface area contributed by atoms with Crippen LogP contribution in [0.5, 0.6) is 5.75 Å². The number of rotatable bonds is 5. The normalized spacial score (nSPS) is 10.0. The van der Waals surface area contributed by atoms with Gasteiger partial charge in [0.05, 0.1) is 11.9 Å². The molecule has 1 N–H and O–H groups in total. The zero-order valence-electron chi connectivity index (χ0n) is 11.3. The van der Waals surface area contributed by atoms with E-state index in [0.717, 1.165) is 0 Å². The third-order valence-electron chi connectivity index (χ3n) is 2.66. The molecule has 0 aliphatic carbocycles. The summed E-state index contributed by atoms with van der Waals surface area (Å²) in [6, 6.07) is 8.23. The Hall–Kier alpha value is -2.40. The molecule has 0 bridgehead atoms. The van der Waals surface area contributed by atoms with E-state index < -0.39 is 0 Å². The molecule has 1 aromatic carbocycles. The number of aromatic nitrogens is 1. The van der Waals surface area contributed by atoms with Crippen LogP contribution in [-0.4, -0.2) is 23.3 Å². The number of anilines is 1. The largest absolute Gasteiger partial charge is 0.484 e. The summed E-state index contributed by atoms with van der Waals surface area (Å²) in [6.45, 7) is 1.25. The first-order chi connectivity index (χ1) is 10.1. The van der Waals surface area contributed by atoms with Crippen molar-refractivity contribution >= 4 is 29.0 Å². The Morgan fingerprint density at radius 2 is 1.95 bits per heavy atom. The van der Waals surface area contributed by atoms with Gasteiger partial charge in [-0.3, -0.25) is 14.6 Å². The minimum atomic E-state index is -0.375. The lowest BCUT2D eigenvalue weighted by Crippen LogP contribution is -2.21. The number of benzene rings is 1. The Labute approximate surface area is 126 Å². The van der Waals surface area contributed by atoms with Gasteiger partial charge in [0.2, 0.25) is 0 Å². The molecule has 0 unspecified atom stereocenters. The highest BCUT2D eigenvalue weighted by Gasteiger charge is 2.10. The summed E-state index contributed by atoms with van der Waals surface area (Å²) in [4.78, 5) is 27.1. The maximum Gasteiger partial charge on any atom is 0.262 e. The lowest BCUT2D eigenvalue weighted by atomic mass is 10.1. The Morgan fingerprint density at radius 3 is 2.62 bits per heavy atom. The van der Waals surface area contributed by atoms with Gasteiger partial charge in [-0.15, -0.1) is 0 Å². The van der Waals surface area contributed by atoms with E-state index in [2.05, 4.69) is 10.3 Å². The van der Waals surface area contributed by atoms with Gasteiger partial charge in [-0.2, -0.15) is 0 Å². The molecule has 1 amide bonds. The predicted molar refractivity (Wildman–Crippen MR) is 79.8 cm³/mol. The van der Waals surface area contributed by atoms with E-state index in [0.29, 0.717) is 22.0 Å². The third-order valence-corrected chi connectivity index (χ3v) is 2.91. The SMILES string of the molecule is CC(=O)c1ccncc1NC(=O)COc1ccc(Cl)cc1. The molecule has 0 radical (unpaired) electrons. The summed E-state index contributed by atoms with van der Waals surface area (Å²) < 4.78 is 5.32. The highest BCUT2D eigenvalue weighted by molar-refractivity contribution is 6.30. The average Bonchev–Trinajstić information content (AvgIpc) is 2.47. The van der Waals surface area contributed by atoms with Gasteiger partial charge in [-0.1, -0.05) is 11.6 Å². The number of halogens is 1. The van der Waals surface area contributed by atoms with E-state index in [-0.39, 0.29) is 18.3 Å². The van der Waals surface area contributed by atoms with Crippen LogP contribution in [0, 0.1) is 0 Å². The van der Waals surface area contributed by atoms with Gasteiger partial charge in [0, 0.05) is 16.8 Å². The summed E-state index contributed by atoms with van der Waals surface area (Å²) >= 11 is 5.76. The Bertz CT molecular complexity index is 656. The summed E-state index contributed by atoms with van der Waals surface area (Å²) in [5.74, 6) is 0.0132. The number of hydrogen-bond acceptors (Lipinski definition) is 4. The molecule has 1 aromatic heterocycles. The molecule has 0 saturated heterocycles. The van der Waals surface area contributed by atoms with Gasteiger partial charge in [-0.25, -0.2) is 0 Å². The highest BCUT2D eigenvalue weighted by Crippen LogP contribution is 2.16. The zero-order chi connectivity index (χ0) is 15.2. The van der Waals surface area contributed by atoms with Crippen molar-refractivity contribution in [2.24, 2.45) is 0 Å². The van der Waals surface area contributed by atoms with E-state index in [1.54, 1.807) is 30.3 Å². The summed E-state index contributed by atoms with van der Waals surface area (Å²) in [5, 5.41) is 3.19. The summed E-state index contributed by atoms with van der Waals surface area (Å²) in [7, 11) is 0. The molecule has 0 spiro atoms. The van der Waals surface area contributed by atoms with E-state index in [1.807, 2.05) is 0 Å². The van der Waals surface area contributed by atoms with Crippen molar-refractivity contribution in [3.63, 3.8) is 0 Å². The lowest BCUT2D eigenvalue weighted by molar-refractivity contribution is -0.118. The predicted octanol–water partition coefficient (Wildman–Crippen LogP) is 2.96. The molecule has 108 valence electrons. The van der Waals surface area contributed by atoms with Crippen molar-refractivity contribution in [2.75, 3.05) is 11.9 Å². The van der Waals surface area contributed by atoms with E-state index in [1.165, 1.54) is 19.3 Å². The van der Waals surface area contributed by atoms with Gasteiger partial charge in [0.15, 0.2) is 12.4 Å². The van der Waals surface area contributed by atoms with Crippen molar-refractivity contribution in [3.05, 3.63) is 53.3 Å². The van der Waals surface area contributed by atoms with Crippen LogP contribution in [0.15, 0.2) is 42.7 Å². The first-order valence-corrected chi connectivity index (χ1v) is 6.57.